The van der Waals surface area contributed by atoms with Crippen molar-refractivity contribution in [2.75, 3.05) is 0 Å². The van der Waals surface area contributed by atoms with E-state index in [1.807, 2.05) is 56.3 Å². The van der Waals surface area contributed by atoms with E-state index in [0.717, 1.165) is 22.2 Å². The average Bonchev–Trinajstić information content (AvgIpc) is 2.60. The molecular formula is C22H25N3O. The van der Waals surface area contributed by atoms with E-state index in [9.17, 15) is 4.79 Å². The summed E-state index contributed by atoms with van der Waals surface area (Å²) in [5.41, 5.74) is 3.98. The fourth-order valence-electron chi connectivity index (χ4n) is 2.66. The van der Waals surface area contributed by atoms with Crippen LogP contribution >= 0.6 is 0 Å². The van der Waals surface area contributed by atoms with Gasteiger partial charge in [0.05, 0.1) is 22.5 Å². The molecule has 3 rings (SSSR count). The third-order valence-electron chi connectivity index (χ3n) is 4.78. The number of hydrogen-bond acceptors (Lipinski definition) is 3. The number of rotatable bonds is 3. The van der Waals surface area contributed by atoms with Gasteiger partial charge in [0.1, 0.15) is 0 Å². The lowest BCUT2D eigenvalue weighted by atomic mass is 9.88. The molecule has 0 aliphatic rings. The molecular weight excluding hydrogens is 322 g/mol. The molecule has 0 saturated heterocycles. The first-order chi connectivity index (χ1) is 12.3. The van der Waals surface area contributed by atoms with E-state index in [0.29, 0.717) is 11.3 Å². The standard InChI is InChI=1S/C22H25N3O/c1-14-9-10-18-16(12-14)17(21(26)24-15(2)22(3,4)5)13-20(25-18)19-8-6-7-11-23-19/h6-13,15H,1-5H3,(H,24,26)/t15-/m0/s1. The van der Waals surface area contributed by atoms with Gasteiger partial charge in [0.15, 0.2) is 0 Å². The van der Waals surface area contributed by atoms with Crippen LogP contribution in [0, 0.1) is 12.3 Å². The second kappa shape index (κ2) is 6.87. The molecule has 0 saturated carbocycles. The molecule has 3 aromatic rings. The molecule has 1 atom stereocenters. The van der Waals surface area contributed by atoms with Crippen LogP contribution in [0.4, 0.5) is 0 Å². The molecule has 26 heavy (non-hydrogen) atoms. The molecule has 4 nitrogen and oxygen atoms in total. The van der Waals surface area contributed by atoms with Crippen LogP contribution in [0.5, 0.6) is 0 Å². The maximum Gasteiger partial charge on any atom is 0.252 e. The number of nitrogens with one attached hydrogen (secondary N) is 1. The molecule has 0 bridgehead atoms. The minimum Gasteiger partial charge on any atom is -0.349 e. The maximum atomic E-state index is 13.1. The number of carbonyl (C=O) groups is 1. The fourth-order valence-corrected chi connectivity index (χ4v) is 2.66. The Bertz CT molecular complexity index is 943. The van der Waals surface area contributed by atoms with Crippen LogP contribution in [0.25, 0.3) is 22.3 Å². The summed E-state index contributed by atoms with van der Waals surface area (Å²) in [5, 5.41) is 4.00. The van der Waals surface area contributed by atoms with Gasteiger partial charge >= 0.3 is 0 Å². The highest BCUT2D eigenvalue weighted by Crippen LogP contribution is 2.26. The Morgan fingerprint density at radius 2 is 1.85 bits per heavy atom. The molecule has 0 radical (unpaired) electrons. The molecule has 1 aromatic carbocycles. The number of fused-ring (bicyclic) bond motifs is 1. The van der Waals surface area contributed by atoms with Crippen LogP contribution in [-0.4, -0.2) is 21.9 Å². The van der Waals surface area contributed by atoms with Crippen LogP contribution in [0.2, 0.25) is 0 Å². The first-order valence-electron chi connectivity index (χ1n) is 8.89. The van der Waals surface area contributed by atoms with E-state index in [1.165, 1.54) is 0 Å². The third kappa shape index (κ3) is 3.74. The lowest BCUT2D eigenvalue weighted by Crippen LogP contribution is -2.41. The lowest BCUT2D eigenvalue weighted by Gasteiger charge is -2.28. The van der Waals surface area contributed by atoms with Gasteiger partial charge in [-0.25, -0.2) is 4.98 Å². The summed E-state index contributed by atoms with van der Waals surface area (Å²) in [6, 6.07) is 13.6. The Labute approximate surface area is 154 Å². The third-order valence-corrected chi connectivity index (χ3v) is 4.78. The number of amides is 1. The van der Waals surface area contributed by atoms with Gasteiger partial charge in [-0.05, 0) is 49.6 Å². The number of carbonyl (C=O) groups excluding carboxylic acids is 1. The van der Waals surface area contributed by atoms with Gasteiger partial charge in [0, 0.05) is 17.6 Å². The van der Waals surface area contributed by atoms with Crippen molar-refractivity contribution in [3.05, 3.63) is 59.8 Å². The topological polar surface area (TPSA) is 54.9 Å². The largest absolute Gasteiger partial charge is 0.349 e. The number of hydrogen-bond donors (Lipinski definition) is 1. The number of benzene rings is 1. The van der Waals surface area contributed by atoms with E-state index in [4.69, 9.17) is 4.98 Å². The van der Waals surface area contributed by atoms with Crippen molar-refractivity contribution in [1.29, 1.82) is 0 Å². The zero-order valence-corrected chi connectivity index (χ0v) is 16.0. The van der Waals surface area contributed by atoms with Crippen molar-refractivity contribution < 1.29 is 4.79 Å². The highest BCUT2D eigenvalue weighted by Gasteiger charge is 2.23. The van der Waals surface area contributed by atoms with Gasteiger partial charge in [-0.3, -0.25) is 9.78 Å². The summed E-state index contributed by atoms with van der Waals surface area (Å²) in [6.07, 6.45) is 1.73. The molecule has 134 valence electrons. The normalized spacial score (nSPS) is 12.8. The smallest absolute Gasteiger partial charge is 0.252 e. The Hall–Kier alpha value is -2.75. The monoisotopic (exact) mass is 347 g/mol. The van der Waals surface area contributed by atoms with E-state index in [2.05, 4.69) is 31.1 Å². The SMILES string of the molecule is Cc1ccc2nc(-c3ccccn3)cc(C(=O)N[C@@H](C)C(C)(C)C)c2c1. The van der Waals surface area contributed by atoms with Crippen LogP contribution in [-0.2, 0) is 0 Å². The summed E-state index contributed by atoms with van der Waals surface area (Å²) in [6.45, 7) is 10.4. The van der Waals surface area contributed by atoms with E-state index in [-0.39, 0.29) is 17.4 Å². The van der Waals surface area contributed by atoms with Gasteiger partial charge in [-0.15, -0.1) is 0 Å². The Balaban J connectivity index is 2.12. The van der Waals surface area contributed by atoms with Gasteiger partial charge in [-0.1, -0.05) is 38.5 Å². The van der Waals surface area contributed by atoms with Crippen molar-refractivity contribution in [2.24, 2.45) is 5.41 Å². The first kappa shape index (κ1) is 18.1. The van der Waals surface area contributed by atoms with Crippen molar-refractivity contribution in [1.82, 2.24) is 15.3 Å². The number of aromatic nitrogens is 2. The van der Waals surface area contributed by atoms with Gasteiger partial charge in [-0.2, -0.15) is 0 Å². The zero-order valence-electron chi connectivity index (χ0n) is 16.0. The maximum absolute atomic E-state index is 13.1. The Morgan fingerprint density at radius 3 is 2.50 bits per heavy atom. The van der Waals surface area contributed by atoms with Crippen molar-refractivity contribution in [3.8, 4) is 11.4 Å². The summed E-state index contributed by atoms with van der Waals surface area (Å²) in [5.74, 6) is -0.0809. The highest BCUT2D eigenvalue weighted by molar-refractivity contribution is 6.07. The molecule has 0 fully saturated rings. The minimum absolute atomic E-state index is 0.0156. The van der Waals surface area contributed by atoms with Crippen LogP contribution in [0.1, 0.15) is 43.6 Å². The minimum atomic E-state index is -0.0809. The predicted octanol–water partition coefficient (Wildman–Crippen LogP) is 4.77. The van der Waals surface area contributed by atoms with Crippen LogP contribution in [0.15, 0.2) is 48.7 Å². The molecule has 4 heteroatoms. The van der Waals surface area contributed by atoms with Crippen molar-refractivity contribution in [2.45, 2.75) is 40.7 Å². The second-order valence-corrected chi connectivity index (χ2v) is 7.85. The second-order valence-electron chi connectivity index (χ2n) is 7.85. The van der Waals surface area contributed by atoms with Crippen LogP contribution < -0.4 is 5.32 Å². The first-order valence-corrected chi connectivity index (χ1v) is 8.89. The Morgan fingerprint density at radius 1 is 1.08 bits per heavy atom. The molecule has 0 spiro atoms. The van der Waals surface area contributed by atoms with Crippen molar-refractivity contribution in [3.63, 3.8) is 0 Å². The summed E-state index contributed by atoms with van der Waals surface area (Å²) < 4.78 is 0. The number of nitrogens with zero attached hydrogens (tertiary/aromatic N) is 2. The quantitative estimate of drug-likeness (QED) is 0.742. The Kier molecular flexibility index (Phi) is 4.77. The molecule has 0 unspecified atom stereocenters. The fraction of sp³-hybridized carbons (Fsp3) is 0.318. The molecule has 2 aromatic heterocycles. The number of pyridine rings is 2. The average molecular weight is 347 g/mol. The van der Waals surface area contributed by atoms with E-state index < -0.39 is 0 Å². The molecule has 0 aliphatic carbocycles. The van der Waals surface area contributed by atoms with Crippen LogP contribution in [0.3, 0.4) is 0 Å². The molecule has 1 amide bonds. The molecule has 2 heterocycles. The summed E-state index contributed by atoms with van der Waals surface area (Å²) in [7, 11) is 0. The summed E-state index contributed by atoms with van der Waals surface area (Å²) in [4.78, 5) is 22.1. The molecule has 0 aliphatic heterocycles. The summed E-state index contributed by atoms with van der Waals surface area (Å²) >= 11 is 0. The highest BCUT2D eigenvalue weighted by atomic mass is 16.1. The predicted molar refractivity (Wildman–Crippen MR) is 106 cm³/mol. The van der Waals surface area contributed by atoms with Crippen molar-refractivity contribution >= 4 is 16.8 Å². The van der Waals surface area contributed by atoms with E-state index >= 15 is 0 Å². The van der Waals surface area contributed by atoms with E-state index in [1.54, 1.807) is 6.20 Å². The van der Waals surface area contributed by atoms with Gasteiger partial charge in [0.25, 0.3) is 5.91 Å². The van der Waals surface area contributed by atoms with Gasteiger partial charge < -0.3 is 5.32 Å². The zero-order chi connectivity index (χ0) is 18.9. The number of aryl methyl sites for hydroxylation is 1. The molecule has 1 N–H and O–H groups in total. The lowest BCUT2D eigenvalue weighted by molar-refractivity contribution is 0.0912. The van der Waals surface area contributed by atoms with Gasteiger partial charge in [0.2, 0.25) is 0 Å².